The minimum absolute atomic E-state index is 0.0707. The highest BCUT2D eigenvalue weighted by Crippen LogP contribution is 2.63. The van der Waals surface area contributed by atoms with E-state index >= 15 is 0 Å². The van der Waals surface area contributed by atoms with Crippen molar-refractivity contribution in [3.05, 3.63) is 83.9 Å². The third-order valence-electron chi connectivity index (χ3n) is 10.4. The second-order valence-corrected chi connectivity index (χ2v) is 12.1. The van der Waals surface area contributed by atoms with E-state index in [0.717, 1.165) is 17.2 Å². The van der Waals surface area contributed by atoms with Gasteiger partial charge in [-0.05, 0) is 78.6 Å². The summed E-state index contributed by atoms with van der Waals surface area (Å²) in [6.45, 7) is 7.47. The topological polar surface area (TPSA) is 15.7 Å². The molecule has 2 atom stereocenters. The number of hydrogen-bond acceptors (Lipinski definition) is 3. The molecule has 0 amide bonds. The van der Waals surface area contributed by atoms with Crippen molar-refractivity contribution < 1.29 is 4.74 Å². The first kappa shape index (κ1) is 20.4. The maximum atomic E-state index is 6.51. The number of rotatable bonds is 0. The lowest BCUT2D eigenvalue weighted by atomic mass is 9.43. The maximum Gasteiger partial charge on any atom is 0.333 e. The van der Waals surface area contributed by atoms with E-state index < -0.39 is 0 Å². The third-order valence-corrected chi connectivity index (χ3v) is 10.4. The average molecular weight is 480 g/mol. The molecule has 0 aromatic heterocycles. The molecule has 1 aliphatic carbocycles. The van der Waals surface area contributed by atoms with Crippen molar-refractivity contribution in [1.82, 2.24) is 0 Å². The van der Waals surface area contributed by atoms with Crippen LogP contribution in [0.5, 0.6) is 11.5 Å². The molecule has 4 heterocycles. The highest BCUT2D eigenvalue weighted by atomic mass is 16.5. The summed E-state index contributed by atoms with van der Waals surface area (Å²) in [5, 5.41) is 0. The number of fused-ring (bicyclic) bond motifs is 9. The monoisotopic (exact) mass is 480 g/mol. The Bertz CT molecular complexity index is 1690. The predicted molar refractivity (Wildman–Crippen MR) is 153 cm³/mol. The summed E-state index contributed by atoms with van der Waals surface area (Å²) in [5.74, 6) is 1.89. The van der Waals surface area contributed by atoms with Gasteiger partial charge < -0.3 is 14.4 Å². The van der Waals surface area contributed by atoms with Crippen LogP contribution in [0.3, 0.4) is 0 Å². The molecule has 0 bridgehead atoms. The Labute approximate surface area is 218 Å². The Morgan fingerprint density at radius 2 is 1.59 bits per heavy atom. The molecule has 4 aliphatic heterocycles. The van der Waals surface area contributed by atoms with Crippen molar-refractivity contribution in [2.24, 2.45) is 0 Å². The van der Waals surface area contributed by atoms with E-state index in [9.17, 15) is 0 Å². The fraction of sp³-hybridized carbons (Fsp3) is 0.273. The molecule has 1 saturated carbocycles. The number of benzene rings is 4. The van der Waals surface area contributed by atoms with Gasteiger partial charge in [-0.3, -0.25) is 0 Å². The van der Waals surface area contributed by atoms with Gasteiger partial charge in [-0.15, -0.1) is 0 Å². The Morgan fingerprint density at radius 3 is 2.51 bits per heavy atom. The molecular formula is C33H29BN2O. The number of anilines is 4. The third kappa shape index (κ3) is 2.16. The minimum Gasteiger partial charge on any atom is -0.453 e. The van der Waals surface area contributed by atoms with Crippen molar-refractivity contribution >= 4 is 40.5 Å². The van der Waals surface area contributed by atoms with Gasteiger partial charge in [0.2, 0.25) is 0 Å². The Balaban J connectivity index is 1.45. The minimum atomic E-state index is 0.0707. The van der Waals surface area contributed by atoms with E-state index in [2.05, 4.69) is 103 Å². The van der Waals surface area contributed by atoms with E-state index in [4.69, 9.17) is 4.74 Å². The molecule has 0 saturated heterocycles. The second kappa shape index (κ2) is 6.42. The van der Waals surface area contributed by atoms with Crippen LogP contribution >= 0.6 is 0 Å². The molecule has 2 unspecified atom stereocenters. The van der Waals surface area contributed by atoms with Gasteiger partial charge in [0.15, 0.2) is 5.75 Å². The first-order valence-electron chi connectivity index (χ1n) is 13.8. The van der Waals surface area contributed by atoms with Crippen LogP contribution in [0.2, 0.25) is 0 Å². The summed E-state index contributed by atoms with van der Waals surface area (Å²) in [5.41, 5.74) is 13.8. The standard InChI is InChI=1S/C33H29BN2O/c1-20-18-22-21-10-8-15-28-30(21)36(25-13-4-5-14-27(25)37-28)34-24-12-9-11-23-31(24)35(26(19-20)29(22)34)33(3)17-7-6-16-32(23,33)2/h4-5,8-15,18-19H,6-7,16-17H2,1-3H3. The quantitative estimate of drug-likeness (QED) is 0.250. The summed E-state index contributed by atoms with van der Waals surface area (Å²) in [6.07, 6.45) is 5.09. The average Bonchev–Trinajstić information content (AvgIpc) is 3.12. The van der Waals surface area contributed by atoms with E-state index in [1.54, 1.807) is 5.56 Å². The Hall–Kier alpha value is -3.66. The van der Waals surface area contributed by atoms with Crippen molar-refractivity contribution in [2.75, 3.05) is 9.71 Å². The van der Waals surface area contributed by atoms with Crippen molar-refractivity contribution in [2.45, 2.75) is 57.4 Å². The molecule has 1 fully saturated rings. The van der Waals surface area contributed by atoms with Crippen LogP contribution < -0.4 is 25.4 Å². The molecular weight excluding hydrogens is 451 g/mol. The van der Waals surface area contributed by atoms with Gasteiger partial charge in [-0.2, -0.15) is 0 Å². The smallest absolute Gasteiger partial charge is 0.333 e. The maximum absolute atomic E-state index is 6.51. The van der Waals surface area contributed by atoms with Crippen LogP contribution in [0.4, 0.5) is 22.7 Å². The molecule has 180 valence electrons. The largest absolute Gasteiger partial charge is 0.453 e. The van der Waals surface area contributed by atoms with Gasteiger partial charge in [0, 0.05) is 22.4 Å². The van der Waals surface area contributed by atoms with Gasteiger partial charge in [0.25, 0.3) is 0 Å². The van der Waals surface area contributed by atoms with Crippen molar-refractivity contribution in [3.8, 4) is 22.6 Å². The van der Waals surface area contributed by atoms with Crippen LogP contribution in [-0.4, -0.2) is 12.4 Å². The van der Waals surface area contributed by atoms with Crippen LogP contribution in [0.25, 0.3) is 11.1 Å². The number of aryl methyl sites for hydroxylation is 1. The van der Waals surface area contributed by atoms with Gasteiger partial charge in [-0.25, -0.2) is 0 Å². The van der Waals surface area contributed by atoms with Gasteiger partial charge in [0.1, 0.15) is 5.75 Å². The molecule has 4 heteroatoms. The highest BCUT2D eigenvalue weighted by Gasteiger charge is 2.61. The molecule has 3 nitrogen and oxygen atoms in total. The molecule has 9 rings (SSSR count). The zero-order chi connectivity index (χ0) is 24.7. The second-order valence-electron chi connectivity index (χ2n) is 12.1. The van der Waals surface area contributed by atoms with Gasteiger partial charge in [0.05, 0.1) is 16.9 Å². The lowest BCUT2D eigenvalue weighted by molar-refractivity contribution is 0.195. The first-order chi connectivity index (χ1) is 18.0. The number of para-hydroxylation sites is 4. The van der Waals surface area contributed by atoms with Crippen LogP contribution in [0.1, 0.15) is 50.7 Å². The van der Waals surface area contributed by atoms with Crippen molar-refractivity contribution in [3.63, 3.8) is 0 Å². The molecule has 4 aromatic rings. The molecule has 0 spiro atoms. The van der Waals surface area contributed by atoms with E-state index in [0.29, 0.717) is 0 Å². The summed E-state index contributed by atoms with van der Waals surface area (Å²) >= 11 is 0. The van der Waals surface area contributed by atoms with Crippen LogP contribution in [-0.2, 0) is 5.41 Å². The predicted octanol–water partition coefficient (Wildman–Crippen LogP) is 7.08. The molecule has 5 aliphatic rings. The molecule has 4 aromatic carbocycles. The summed E-state index contributed by atoms with van der Waals surface area (Å²) < 4.78 is 6.51. The fourth-order valence-electron chi connectivity index (χ4n) is 8.60. The van der Waals surface area contributed by atoms with Gasteiger partial charge >= 0.3 is 6.85 Å². The number of hydrogen-bond donors (Lipinski definition) is 0. The highest BCUT2D eigenvalue weighted by molar-refractivity contribution is 6.93. The SMILES string of the molecule is Cc1cc2c3c(c1)N1c4c(cccc4C4(C)CCCCC14C)B3N1c3ccccc3Oc3cccc-2c31. The number of ether oxygens (including phenoxy) is 1. The summed E-state index contributed by atoms with van der Waals surface area (Å²) in [6, 6.07) is 27.2. The zero-order valence-corrected chi connectivity index (χ0v) is 21.6. The summed E-state index contributed by atoms with van der Waals surface area (Å²) in [4.78, 5) is 5.38. The number of nitrogens with zero attached hydrogens (tertiary/aromatic N) is 2. The molecule has 0 N–H and O–H groups in total. The molecule has 37 heavy (non-hydrogen) atoms. The lowest BCUT2D eigenvalue weighted by Crippen LogP contribution is -2.65. The zero-order valence-electron chi connectivity index (χ0n) is 21.6. The van der Waals surface area contributed by atoms with Crippen LogP contribution in [0, 0.1) is 6.92 Å². The Kier molecular flexibility index (Phi) is 3.54. The van der Waals surface area contributed by atoms with E-state index in [1.165, 1.54) is 70.4 Å². The normalized spacial score (nSPS) is 25.0. The van der Waals surface area contributed by atoms with E-state index in [-0.39, 0.29) is 17.8 Å². The van der Waals surface area contributed by atoms with Gasteiger partial charge in [-0.1, -0.05) is 68.3 Å². The van der Waals surface area contributed by atoms with Crippen LogP contribution in [0.15, 0.2) is 72.8 Å². The Morgan fingerprint density at radius 1 is 0.784 bits per heavy atom. The van der Waals surface area contributed by atoms with Crippen molar-refractivity contribution in [1.29, 1.82) is 0 Å². The van der Waals surface area contributed by atoms with E-state index in [1.807, 2.05) is 0 Å². The lowest BCUT2D eigenvalue weighted by Gasteiger charge is -2.53. The first-order valence-corrected chi connectivity index (χ1v) is 13.8. The fourth-order valence-corrected chi connectivity index (χ4v) is 8.60. The molecule has 0 radical (unpaired) electrons. The summed E-state index contributed by atoms with van der Waals surface area (Å²) in [7, 11) is 0.